The molecule has 3 aromatic carbocycles. The van der Waals surface area contributed by atoms with Gasteiger partial charge in [0.05, 0.1) is 16.7 Å². The monoisotopic (exact) mass is 976 g/mol. The molecule has 6 aliphatic rings. The summed E-state index contributed by atoms with van der Waals surface area (Å²) in [5, 5.41) is 6.25. The Labute approximate surface area is 396 Å². The minimum atomic E-state index is -4.29. The summed E-state index contributed by atoms with van der Waals surface area (Å²) in [7, 11) is -8.25. The van der Waals surface area contributed by atoms with Gasteiger partial charge in [-0.05, 0) is 84.1 Å². The normalized spacial score (nSPS) is 24.5. The Morgan fingerprint density at radius 1 is 0.882 bits per heavy atom. The van der Waals surface area contributed by atoms with Crippen molar-refractivity contribution in [3.05, 3.63) is 65.7 Å². The molecule has 3 aliphatic heterocycles. The lowest BCUT2D eigenvalue weighted by Crippen LogP contribution is -2.62. The van der Waals surface area contributed by atoms with E-state index in [1.165, 1.54) is 15.9 Å². The lowest BCUT2D eigenvalue weighted by molar-refractivity contribution is -0.145. The predicted molar refractivity (Wildman–Crippen MR) is 248 cm³/mol. The fourth-order valence-corrected chi connectivity index (χ4v) is 13.2. The second kappa shape index (κ2) is 18.1. The van der Waals surface area contributed by atoms with Crippen LogP contribution in [-0.2, 0) is 57.1 Å². The Morgan fingerprint density at radius 2 is 1.54 bits per heavy atom. The lowest BCUT2D eigenvalue weighted by atomic mass is 9.82. The molecule has 1 unspecified atom stereocenters. The van der Waals surface area contributed by atoms with E-state index in [9.17, 15) is 36.0 Å². The minimum absolute atomic E-state index is 0.0150. The SMILES string of the molecule is CC[C@H]1C[C@@]1(NC(=O)C1C[C@@H](OC(=O)N2Cc3cc4c(cc3C2)OCO4)CN1C(=O)[C@@H](NC(=O)[C@@H](NS(=O)(=O)c1cccc2ccccc12)C1CCCCC1)C(C)(C)C)C(=O)NS(=O)(=O)C1CC1. The van der Waals surface area contributed by atoms with Gasteiger partial charge in [0, 0.05) is 24.9 Å². The number of ether oxygens (including phenoxy) is 3. The molecule has 6 atom stereocenters. The van der Waals surface area contributed by atoms with E-state index in [2.05, 4.69) is 20.1 Å². The van der Waals surface area contributed by atoms with Crippen molar-refractivity contribution in [1.82, 2.24) is 29.9 Å². The first-order chi connectivity index (χ1) is 32.3. The average Bonchev–Trinajstić information content (AvgIpc) is 4.13. The van der Waals surface area contributed by atoms with Crippen molar-refractivity contribution >= 4 is 60.5 Å². The highest BCUT2D eigenvalue weighted by atomic mass is 32.2. The molecule has 366 valence electrons. The summed E-state index contributed by atoms with van der Waals surface area (Å²) >= 11 is 0. The summed E-state index contributed by atoms with van der Waals surface area (Å²) in [6.45, 7) is 7.32. The molecule has 3 heterocycles. The second-order valence-electron chi connectivity index (χ2n) is 20.3. The lowest BCUT2D eigenvalue weighted by Gasteiger charge is -2.37. The third kappa shape index (κ3) is 9.47. The van der Waals surface area contributed by atoms with Crippen molar-refractivity contribution < 1.29 is 55.0 Å². The molecule has 4 fully saturated rings. The highest BCUT2D eigenvalue weighted by Gasteiger charge is 2.62. The van der Waals surface area contributed by atoms with Gasteiger partial charge in [0.1, 0.15) is 29.8 Å². The van der Waals surface area contributed by atoms with Crippen LogP contribution in [0.4, 0.5) is 4.79 Å². The number of nitrogens with zero attached hydrogens (tertiary/aromatic N) is 2. The standard InChI is InChI=1S/C48H60N6O12S2/c1-5-32-23-48(32,45(58)52-67(60,61)34-18-19-34)50-42(55)36-22-33(66-46(59)53-24-30-20-37-38(65-27-64-37)21-31(30)25-53)26-54(36)44(57)41(47(2,3)4)49-43(56)40(29-13-7-6-8-14-29)51-68(62,63)39-17-11-15-28-12-9-10-16-35(28)39/h9-12,15-17,20-21,29,32-34,36,40-41,51H,5-8,13-14,18-19,22-27H2,1-4H3,(H,49,56)(H,50,55)(H,52,58)/t32-,33+,36?,40-,41+,48-/m0/s1. The molecular formula is C48H60N6O12S2. The van der Waals surface area contributed by atoms with E-state index in [0.29, 0.717) is 54.4 Å². The molecule has 18 nitrogen and oxygen atoms in total. The van der Waals surface area contributed by atoms with Gasteiger partial charge in [0.15, 0.2) is 11.5 Å². The summed E-state index contributed by atoms with van der Waals surface area (Å²) in [6, 6.07) is 11.7. The van der Waals surface area contributed by atoms with Gasteiger partial charge in [0.2, 0.25) is 44.6 Å². The number of carbonyl (C=O) groups is 5. The molecule has 68 heavy (non-hydrogen) atoms. The van der Waals surface area contributed by atoms with Gasteiger partial charge >= 0.3 is 6.09 Å². The van der Waals surface area contributed by atoms with Crippen molar-refractivity contribution in [2.75, 3.05) is 13.3 Å². The summed E-state index contributed by atoms with van der Waals surface area (Å²) < 4.78 is 76.4. The molecule has 4 N–H and O–H groups in total. The van der Waals surface area contributed by atoms with Crippen molar-refractivity contribution in [2.45, 2.75) is 145 Å². The summed E-state index contributed by atoms with van der Waals surface area (Å²) in [5.41, 5.74) is -0.865. The van der Waals surface area contributed by atoms with Gasteiger partial charge in [0.25, 0.3) is 5.91 Å². The molecule has 0 spiro atoms. The number of benzene rings is 3. The van der Waals surface area contributed by atoms with E-state index in [0.717, 1.165) is 30.4 Å². The first-order valence-corrected chi connectivity index (χ1v) is 26.7. The van der Waals surface area contributed by atoms with Crippen molar-refractivity contribution in [2.24, 2.45) is 17.3 Å². The number of sulfonamides is 2. The van der Waals surface area contributed by atoms with Crippen molar-refractivity contribution in [1.29, 1.82) is 0 Å². The maximum absolute atomic E-state index is 15.2. The molecule has 0 aromatic heterocycles. The van der Waals surface area contributed by atoms with E-state index < -0.39 is 90.2 Å². The predicted octanol–water partition coefficient (Wildman–Crippen LogP) is 4.34. The first kappa shape index (κ1) is 47.6. The number of amides is 5. The van der Waals surface area contributed by atoms with Crippen LogP contribution in [0.15, 0.2) is 59.5 Å². The molecule has 0 bridgehead atoms. The quantitative estimate of drug-likeness (QED) is 0.177. The number of hydrogen-bond donors (Lipinski definition) is 4. The number of likely N-dealkylation sites (tertiary alicyclic amines) is 1. The highest BCUT2D eigenvalue weighted by Crippen LogP contribution is 2.47. The van der Waals surface area contributed by atoms with E-state index in [1.807, 2.05) is 25.1 Å². The zero-order valence-corrected chi connectivity index (χ0v) is 40.4. The highest BCUT2D eigenvalue weighted by molar-refractivity contribution is 7.91. The molecule has 5 amide bonds. The van der Waals surface area contributed by atoms with Crippen LogP contribution in [0.2, 0.25) is 0 Å². The fraction of sp³-hybridized carbons (Fsp3) is 0.562. The maximum atomic E-state index is 15.2. The molecule has 3 aliphatic carbocycles. The van der Waals surface area contributed by atoms with Gasteiger partial charge in [-0.1, -0.05) is 89.8 Å². The molecular weight excluding hydrogens is 917 g/mol. The smallest absolute Gasteiger partial charge is 0.410 e. The first-order valence-electron chi connectivity index (χ1n) is 23.6. The van der Waals surface area contributed by atoms with E-state index in [4.69, 9.17) is 14.2 Å². The number of hydrogen-bond acceptors (Lipinski definition) is 12. The summed E-state index contributed by atoms with van der Waals surface area (Å²) in [6.07, 6.45) is 3.27. The van der Waals surface area contributed by atoms with Gasteiger partial charge in [-0.25, -0.2) is 21.6 Å². The maximum Gasteiger partial charge on any atom is 0.410 e. The van der Waals surface area contributed by atoms with Crippen molar-refractivity contribution in [3.8, 4) is 11.5 Å². The van der Waals surface area contributed by atoms with Crippen LogP contribution in [0.25, 0.3) is 10.8 Å². The molecule has 9 rings (SSSR count). The van der Waals surface area contributed by atoms with Crippen LogP contribution in [0.5, 0.6) is 11.5 Å². The molecule has 20 heteroatoms. The van der Waals surface area contributed by atoms with Crippen LogP contribution in [0.3, 0.4) is 0 Å². The second-order valence-corrected chi connectivity index (χ2v) is 23.9. The zero-order chi connectivity index (χ0) is 48.3. The minimum Gasteiger partial charge on any atom is -0.454 e. The number of carbonyl (C=O) groups excluding carboxylic acids is 5. The van der Waals surface area contributed by atoms with E-state index in [1.54, 1.807) is 51.1 Å². The average molecular weight is 977 g/mol. The van der Waals surface area contributed by atoms with Crippen molar-refractivity contribution in [3.63, 3.8) is 0 Å². The Bertz CT molecular complexity index is 2710. The molecule has 0 radical (unpaired) electrons. The summed E-state index contributed by atoms with van der Waals surface area (Å²) in [5.74, 6) is -2.62. The van der Waals surface area contributed by atoms with Crippen LogP contribution in [0, 0.1) is 17.3 Å². The van der Waals surface area contributed by atoms with E-state index >= 15 is 4.79 Å². The van der Waals surface area contributed by atoms with Crippen LogP contribution >= 0.6 is 0 Å². The van der Waals surface area contributed by atoms with Crippen LogP contribution < -0.4 is 29.6 Å². The number of fused-ring (bicyclic) bond motifs is 3. The molecule has 1 saturated heterocycles. The topological polar surface area (TPSA) is 236 Å². The zero-order valence-electron chi connectivity index (χ0n) is 38.7. The van der Waals surface area contributed by atoms with Gasteiger partial charge in [-0.3, -0.25) is 28.8 Å². The molecule has 3 saturated carbocycles. The Hall–Kier alpha value is -5.47. The largest absolute Gasteiger partial charge is 0.454 e. The third-order valence-corrected chi connectivity index (χ3v) is 17.8. The third-order valence-electron chi connectivity index (χ3n) is 14.5. The number of rotatable bonds is 14. The Morgan fingerprint density at radius 3 is 2.18 bits per heavy atom. The van der Waals surface area contributed by atoms with Gasteiger partial charge in [-0.2, -0.15) is 4.72 Å². The Kier molecular flexibility index (Phi) is 12.7. The van der Waals surface area contributed by atoms with Crippen LogP contribution in [-0.4, -0.2) is 105 Å². The number of nitrogens with one attached hydrogen (secondary N) is 4. The fourth-order valence-electron chi connectivity index (χ4n) is 10.3. The van der Waals surface area contributed by atoms with Gasteiger partial charge in [-0.15, -0.1) is 0 Å². The Balaban J connectivity index is 0.981. The summed E-state index contributed by atoms with van der Waals surface area (Å²) in [4.78, 5) is 74.9. The van der Waals surface area contributed by atoms with Gasteiger partial charge < -0.3 is 29.7 Å². The van der Waals surface area contributed by atoms with Crippen LogP contribution in [0.1, 0.15) is 103 Å². The van der Waals surface area contributed by atoms with E-state index in [-0.39, 0.29) is 56.0 Å². The molecule has 3 aromatic rings.